The van der Waals surface area contributed by atoms with Crippen LogP contribution in [0.2, 0.25) is 10.0 Å². The third-order valence-electron chi connectivity index (χ3n) is 4.55. The predicted molar refractivity (Wildman–Crippen MR) is 137 cm³/mol. The van der Waals surface area contributed by atoms with E-state index in [4.69, 9.17) is 40.2 Å². The van der Waals surface area contributed by atoms with E-state index in [0.29, 0.717) is 31.2 Å². The van der Waals surface area contributed by atoms with Crippen LogP contribution in [0.1, 0.15) is 11.1 Å². The Kier molecular flexibility index (Phi) is 7.22. The van der Waals surface area contributed by atoms with Gasteiger partial charge in [0.05, 0.1) is 15.6 Å². The van der Waals surface area contributed by atoms with Crippen LogP contribution in [0.5, 0.6) is 5.75 Å². The first-order valence-corrected chi connectivity index (χ1v) is 12.0. The maximum absolute atomic E-state index is 13.5. The van der Waals surface area contributed by atoms with Gasteiger partial charge in [-0.3, -0.25) is 9.69 Å². The monoisotopic (exact) mass is 567 g/mol. The molecule has 9 heteroatoms. The lowest BCUT2D eigenvalue weighted by molar-refractivity contribution is -0.113. The summed E-state index contributed by atoms with van der Waals surface area (Å²) in [5.74, 6) is -0.297. The molecular formula is C23H13BrCl2FNO2S2. The molecule has 0 atom stereocenters. The van der Waals surface area contributed by atoms with Crippen molar-refractivity contribution in [3.05, 3.63) is 97.0 Å². The van der Waals surface area contributed by atoms with Crippen LogP contribution in [0.25, 0.3) is 6.08 Å². The number of thiocarbonyl (C=S) groups is 1. The van der Waals surface area contributed by atoms with Gasteiger partial charge in [-0.2, -0.15) is 0 Å². The molecule has 0 aromatic heterocycles. The lowest BCUT2D eigenvalue weighted by Gasteiger charge is -2.15. The van der Waals surface area contributed by atoms with Gasteiger partial charge >= 0.3 is 0 Å². The molecule has 3 nitrogen and oxygen atoms in total. The first-order chi connectivity index (χ1) is 15.3. The van der Waals surface area contributed by atoms with Gasteiger partial charge in [-0.15, -0.1) is 0 Å². The Morgan fingerprint density at radius 1 is 1.09 bits per heavy atom. The first kappa shape index (κ1) is 23.3. The molecule has 0 N–H and O–H groups in total. The maximum atomic E-state index is 13.5. The molecule has 1 aliphatic rings. The van der Waals surface area contributed by atoms with Crippen molar-refractivity contribution in [2.75, 3.05) is 4.90 Å². The summed E-state index contributed by atoms with van der Waals surface area (Å²) in [5, 5.41) is 0.535. The van der Waals surface area contributed by atoms with Crippen molar-refractivity contribution in [1.29, 1.82) is 0 Å². The predicted octanol–water partition coefficient (Wildman–Crippen LogP) is 7.88. The van der Waals surface area contributed by atoms with Crippen LogP contribution in [-0.4, -0.2) is 10.2 Å². The molecule has 1 heterocycles. The number of thioether (sulfide) groups is 1. The lowest BCUT2D eigenvalue weighted by Crippen LogP contribution is -2.27. The SMILES string of the molecule is O=C1/C(=C\c2cc(Br)ccc2OCc2ccccc2Cl)SC(=S)N1c1ccc(F)c(Cl)c1. The number of ether oxygens (including phenoxy) is 1. The highest BCUT2D eigenvalue weighted by molar-refractivity contribution is 9.10. The zero-order valence-electron chi connectivity index (χ0n) is 16.2. The Hall–Kier alpha value is -1.90. The van der Waals surface area contributed by atoms with E-state index in [0.717, 1.165) is 21.8 Å². The summed E-state index contributed by atoms with van der Waals surface area (Å²) in [6.07, 6.45) is 1.72. The van der Waals surface area contributed by atoms with E-state index in [1.165, 1.54) is 23.1 Å². The highest BCUT2D eigenvalue weighted by Crippen LogP contribution is 2.38. The number of carbonyl (C=O) groups excluding carboxylic acids is 1. The fourth-order valence-electron chi connectivity index (χ4n) is 2.99. The van der Waals surface area contributed by atoms with Crippen molar-refractivity contribution >= 4 is 85.1 Å². The van der Waals surface area contributed by atoms with E-state index in [-0.39, 0.29) is 17.5 Å². The van der Waals surface area contributed by atoms with Crippen LogP contribution in [0.3, 0.4) is 0 Å². The minimum Gasteiger partial charge on any atom is -0.488 e. The summed E-state index contributed by atoms with van der Waals surface area (Å²) in [4.78, 5) is 14.8. The highest BCUT2D eigenvalue weighted by Gasteiger charge is 2.33. The zero-order chi connectivity index (χ0) is 22.8. The molecule has 162 valence electrons. The number of hydrogen-bond acceptors (Lipinski definition) is 4. The van der Waals surface area contributed by atoms with Crippen molar-refractivity contribution < 1.29 is 13.9 Å². The van der Waals surface area contributed by atoms with Gasteiger partial charge in [0.15, 0.2) is 4.32 Å². The second-order valence-corrected chi connectivity index (χ2v) is 10.1. The van der Waals surface area contributed by atoms with Crippen molar-refractivity contribution in [1.82, 2.24) is 0 Å². The Morgan fingerprint density at radius 3 is 2.62 bits per heavy atom. The quantitative estimate of drug-likeness (QED) is 0.231. The van der Waals surface area contributed by atoms with E-state index in [2.05, 4.69) is 15.9 Å². The third kappa shape index (κ3) is 5.02. The summed E-state index contributed by atoms with van der Waals surface area (Å²) in [6.45, 7) is 0.275. The Labute approximate surface area is 212 Å². The van der Waals surface area contributed by atoms with E-state index in [9.17, 15) is 9.18 Å². The molecule has 0 radical (unpaired) electrons. The van der Waals surface area contributed by atoms with Crippen molar-refractivity contribution in [2.24, 2.45) is 0 Å². The van der Waals surface area contributed by atoms with Crippen LogP contribution < -0.4 is 9.64 Å². The van der Waals surface area contributed by atoms with E-state index >= 15 is 0 Å². The van der Waals surface area contributed by atoms with Gasteiger partial charge in [0.1, 0.15) is 18.2 Å². The average Bonchev–Trinajstić information content (AvgIpc) is 3.03. The number of amides is 1. The number of rotatable bonds is 5. The topological polar surface area (TPSA) is 29.5 Å². The molecular weight excluding hydrogens is 556 g/mol. The van der Waals surface area contributed by atoms with Gasteiger partial charge in [0.2, 0.25) is 0 Å². The summed E-state index contributed by atoms with van der Waals surface area (Å²) in [5.41, 5.74) is 1.96. The molecule has 0 aliphatic carbocycles. The minimum atomic E-state index is -0.564. The van der Waals surface area contributed by atoms with Gasteiger partial charge in [-0.1, -0.05) is 81.3 Å². The average molecular weight is 569 g/mol. The number of hydrogen-bond donors (Lipinski definition) is 0. The van der Waals surface area contributed by atoms with E-state index in [1.807, 2.05) is 36.4 Å². The molecule has 32 heavy (non-hydrogen) atoms. The molecule has 0 spiro atoms. The van der Waals surface area contributed by atoms with Crippen LogP contribution in [0, 0.1) is 5.82 Å². The molecule has 1 fully saturated rings. The van der Waals surface area contributed by atoms with E-state index < -0.39 is 5.82 Å². The summed E-state index contributed by atoms with van der Waals surface area (Å²) < 4.78 is 20.7. The van der Waals surface area contributed by atoms with Crippen LogP contribution in [0.15, 0.2) is 70.0 Å². The molecule has 0 unspecified atom stereocenters. The molecule has 1 amide bonds. The van der Waals surface area contributed by atoms with Gasteiger partial charge in [-0.25, -0.2) is 4.39 Å². The molecule has 4 rings (SSSR count). The van der Waals surface area contributed by atoms with Crippen LogP contribution >= 0.6 is 63.1 Å². The smallest absolute Gasteiger partial charge is 0.270 e. The fraction of sp³-hybridized carbons (Fsp3) is 0.0435. The number of benzene rings is 3. The zero-order valence-corrected chi connectivity index (χ0v) is 20.9. The molecule has 1 aliphatic heterocycles. The standard InChI is InChI=1S/C23H13BrCl2FNO2S2/c24-15-5-8-20(30-12-13-3-1-2-4-17(13)25)14(9-15)10-21-22(29)28(23(31)32-21)16-6-7-19(27)18(26)11-16/h1-11H,12H2/b21-10+. The van der Waals surface area contributed by atoms with Gasteiger partial charge < -0.3 is 4.74 Å². The van der Waals surface area contributed by atoms with E-state index in [1.54, 1.807) is 12.1 Å². The Bertz CT molecular complexity index is 1270. The van der Waals surface area contributed by atoms with Crippen molar-refractivity contribution in [2.45, 2.75) is 6.61 Å². The number of anilines is 1. The van der Waals surface area contributed by atoms with Crippen LogP contribution in [0.4, 0.5) is 10.1 Å². The summed E-state index contributed by atoms with van der Waals surface area (Å²) >= 11 is 22.1. The van der Waals surface area contributed by atoms with Gasteiger partial charge in [-0.05, 0) is 48.5 Å². The minimum absolute atomic E-state index is 0.0808. The third-order valence-corrected chi connectivity index (χ3v) is 7.01. The number of halogens is 4. The van der Waals surface area contributed by atoms with Crippen molar-refractivity contribution in [3.8, 4) is 5.75 Å². The molecule has 3 aromatic rings. The van der Waals surface area contributed by atoms with Gasteiger partial charge in [0, 0.05) is 20.6 Å². The lowest BCUT2D eigenvalue weighted by atomic mass is 10.1. The molecule has 0 saturated carbocycles. The maximum Gasteiger partial charge on any atom is 0.270 e. The summed E-state index contributed by atoms with van der Waals surface area (Å²) in [6, 6.07) is 17.0. The fourth-order valence-corrected chi connectivity index (χ4v) is 5.02. The summed E-state index contributed by atoms with van der Waals surface area (Å²) in [7, 11) is 0. The van der Waals surface area contributed by atoms with Crippen molar-refractivity contribution in [3.63, 3.8) is 0 Å². The van der Waals surface area contributed by atoms with Gasteiger partial charge in [0.25, 0.3) is 5.91 Å². The Balaban J connectivity index is 1.62. The first-order valence-electron chi connectivity index (χ1n) is 9.22. The second kappa shape index (κ2) is 9.93. The largest absolute Gasteiger partial charge is 0.488 e. The number of nitrogens with zero attached hydrogens (tertiary/aromatic N) is 1. The molecule has 0 bridgehead atoms. The highest BCUT2D eigenvalue weighted by atomic mass is 79.9. The second-order valence-electron chi connectivity index (χ2n) is 6.68. The normalized spacial score (nSPS) is 15.0. The van der Waals surface area contributed by atoms with Crippen LogP contribution in [-0.2, 0) is 11.4 Å². The molecule has 1 saturated heterocycles. The number of carbonyl (C=O) groups is 1. The molecule has 3 aromatic carbocycles. The Morgan fingerprint density at radius 2 is 1.88 bits per heavy atom.